The first-order valence-electron chi connectivity index (χ1n) is 23.4. The van der Waals surface area contributed by atoms with Gasteiger partial charge >= 0.3 is 0 Å². The molecule has 3 nitrogen and oxygen atoms in total. The van der Waals surface area contributed by atoms with Crippen LogP contribution in [-0.2, 0) is 5.41 Å². The third-order valence-corrected chi connectivity index (χ3v) is 14.4. The first kappa shape index (κ1) is 38.4. The number of anilines is 3. The Hall–Kier alpha value is -8.92. The topological polar surface area (TPSA) is 17.4 Å². The molecule has 0 N–H and O–H groups in total. The van der Waals surface area contributed by atoms with Crippen LogP contribution in [0, 0.1) is 0 Å². The molecule has 0 amide bonds. The summed E-state index contributed by atoms with van der Waals surface area (Å²) < 4.78 is 9.52. The molecule has 12 aromatic rings. The predicted octanol–water partition coefficient (Wildman–Crippen LogP) is 17.2. The number of ether oxygens (including phenoxy) is 1. The van der Waals surface area contributed by atoms with Crippen molar-refractivity contribution in [3.05, 3.63) is 277 Å². The first-order valence-corrected chi connectivity index (χ1v) is 23.4. The van der Waals surface area contributed by atoms with Crippen LogP contribution >= 0.6 is 0 Å². The first-order chi connectivity index (χ1) is 33.7. The van der Waals surface area contributed by atoms with E-state index >= 15 is 0 Å². The third kappa shape index (κ3) is 5.60. The minimum atomic E-state index is -0.709. The minimum absolute atomic E-state index is 0.709. The molecule has 0 radical (unpaired) electrons. The van der Waals surface area contributed by atoms with Crippen LogP contribution in [0.5, 0.6) is 11.5 Å². The van der Waals surface area contributed by atoms with Crippen LogP contribution in [-0.4, -0.2) is 4.57 Å². The Bertz CT molecular complexity index is 3940. The average molecular weight is 867 g/mol. The monoisotopic (exact) mass is 866 g/mol. The van der Waals surface area contributed by atoms with E-state index in [1.165, 1.54) is 54.9 Å². The predicted molar refractivity (Wildman–Crippen MR) is 281 cm³/mol. The SMILES string of the molecule is c1ccc(-c2cc3c(cc2-c2ccccc2)C2(c4ccccc4O3)c3ccccc3-c3ccc(N(c4ccc5c6ccccc6n(-c6ccccc6)c5c4)c4cccc5ccccc45)cc32)cc1. The summed E-state index contributed by atoms with van der Waals surface area (Å²) in [5.41, 5.74) is 17.8. The Balaban J connectivity index is 1.07. The van der Waals surface area contributed by atoms with E-state index in [0.29, 0.717) is 0 Å². The maximum absolute atomic E-state index is 7.11. The molecular formula is C65H42N2O. The van der Waals surface area contributed by atoms with Crippen molar-refractivity contribution >= 4 is 49.6 Å². The van der Waals surface area contributed by atoms with Gasteiger partial charge in [0.1, 0.15) is 11.5 Å². The van der Waals surface area contributed by atoms with E-state index in [1.807, 2.05) is 0 Å². The maximum atomic E-state index is 7.11. The smallest absolute Gasteiger partial charge is 0.132 e. The molecule has 3 heteroatoms. The van der Waals surface area contributed by atoms with Gasteiger partial charge in [-0.05, 0) is 117 Å². The van der Waals surface area contributed by atoms with Gasteiger partial charge in [0, 0.05) is 44.3 Å². The van der Waals surface area contributed by atoms with Gasteiger partial charge in [0.2, 0.25) is 0 Å². The van der Waals surface area contributed by atoms with E-state index in [4.69, 9.17) is 4.74 Å². The summed E-state index contributed by atoms with van der Waals surface area (Å²) in [4.78, 5) is 2.48. The van der Waals surface area contributed by atoms with Gasteiger partial charge in [0.15, 0.2) is 0 Å². The van der Waals surface area contributed by atoms with Gasteiger partial charge in [0.25, 0.3) is 0 Å². The fourth-order valence-electron chi connectivity index (χ4n) is 11.6. The molecule has 0 saturated carbocycles. The second kappa shape index (κ2) is 15.1. The molecule has 2 aliphatic rings. The van der Waals surface area contributed by atoms with E-state index in [2.05, 4.69) is 264 Å². The molecule has 1 spiro atoms. The van der Waals surface area contributed by atoms with Gasteiger partial charge in [-0.25, -0.2) is 0 Å². The van der Waals surface area contributed by atoms with Crippen molar-refractivity contribution in [2.24, 2.45) is 0 Å². The zero-order chi connectivity index (χ0) is 44.8. The molecule has 0 fully saturated rings. The maximum Gasteiger partial charge on any atom is 0.132 e. The molecule has 1 aliphatic carbocycles. The second-order valence-electron chi connectivity index (χ2n) is 18.0. The molecular weight excluding hydrogens is 825 g/mol. The minimum Gasteiger partial charge on any atom is -0.457 e. The number of rotatable bonds is 6. The average Bonchev–Trinajstić information content (AvgIpc) is 3.89. The number of nitrogens with zero attached hydrogens (tertiary/aromatic N) is 2. The highest BCUT2D eigenvalue weighted by Crippen LogP contribution is 2.64. The number of aromatic nitrogens is 1. The third-order valence-electron chi connectivity index (χ3n) is 14.4. The van der Waals surface area contributed by atoms with E-state index in [9.17, 15) is 0 Å². The lowest BCUT2D eigenvalue weighted by molar-refractivity contribution is 0.436. The lowest BCUT2D eigenvalue weighted by Gasteiger charge is -2.40. The molecule has 0 bridgehead atoms. The van der Waals surface area contributed by atoms with Crippen molar-refractivity contribution in [1.82, 2.24) is 4.57 Å². The lowest BCUT2D eigenvalue weighted by atomic mass is 9.65. The Morgan fingerprint density at radius 3 is 1.74 bits per heavy atom. The lowest BCUT2D eigenvalue weighted by Crippen LogP contribution is -2.32. The highest BCUT2D eigenvalue weighted by molar-refractivity contribution is 6.11. The number of benzene rings is 11. The van der Waals surface area contributed by atoms with E-state index in [-0.39, 0.29) is 0 Å². The Morgan fingerprint density at radius 2 is 0.926 bits per heavy atom. The van der Waals surface area contributed by atoms with E-state index in [1.54, 1.807) is 0 Å². The molecule has 1 aliphatic heterocycles. The van der Waals surface area contributed by atoms with Gasteiger partial charge < -0.3 is 14.2 Å². The summed E-state index contributed by atoms with van der Waals surface area (Å²) in [5, 5.41) is 4.82. The summed E-state index contributed by atoms with van der Waals surface area (Å²) in [7, 11) is 0. The van der Waals surface area contributed by atoms with Gasteiger partial charge in [-0.1, -0.05) is 188 Å². The van der Waals surface area contributed by atoms with Crippen molar-refractivity contribution in [3.8, 4) is 50.6 Å². The summed E-state index contributed by atoms with van der Waals surface area (Å²) in [5.74, 6) is 1.73. The molecule has 1 atom stereocenters. The highest BCUT2D eigenvalue weighted by atomic mass is 16.5. The molecule has 2 heterocycles. The van der Waals surface area contributed by atoms with Crippen molar-refractivity contribution in [2.45, 2.75) is 5.41 Å². The van der Waals surface area contributed by atoms with Gasteiger partial charge in [-0.15, -0.1) is 0 Å². The quantitative estimate of drug-likeness (QED) is 0.166. The molecule has 1 aromatic heterocycles. The molecule has 68 heavy (non-hydrogen) atoms. The number of hydrogen-bond donors (Lipinski definition) is 0. The Kier molecular flexibility index (Phi) is 8.50. The molecule has 1 unspecified atom stereocenters. The van der Waals surface area contributed by atoms with Gasteiger partial charge in [-0.2, -0.15) is 0 Å². The number of hydrogen-bond acceptors (Lipinski definition) is 2. The summed E-state index contributed by atoms with van der Waals surface area (Å²) in [6, 6.07) is 93.1. The molecule has 0 saturated heterocycles. The molecule has 14 rings (SSSR count). The van der Waals surface area contributed by atoms with Crippen molar-refractivity contribution < 1.29 is 4.74 Å². The second-order valence-corrected chi connectivity index (χ2v) is 18.0. The Morgan fingerprint density at radius 1 is 0.338 bits per heavy atom. The fourth-order valence-corrected chi connectivity index (χ4v) is 11.6. The zero-order valence-electron chi connectivity index (χ0n) is 37.1. The van der Waals surface area contributed by atoms with Crippen molar-refractivity contribution in [3.63, 3.8) is 0 Å². The molecule has 318 valence electrons. The van der Waals surface area contributed by atoms with Crippen LogP contribution < -0.4 is 9.64 Å². The van der Waals surface area contributed by atoms with E-state index < -0.39 is 5.41 Å². The highest BCUT2D eigenvalue weighted by Gasteiger charge is 2.51. The fraction of sp³-hybridized carbons (Fsp3) is 0.0154. The van der Waals surface area contributed by atoms with Gasteiger partial charge in [-0.3, -0.25) is 0 Å². The standard InChI is InChI=1S/C65H42N2O/c1-4-19-44(20-5-1)54-41-59-64(42-55(54)45-21-6-2-7-22-45)68-63-34-17-15-31-57(63)65(59)56-30-14-12-28-50(56)51-37-35-47(39-58(51)65)66(60-33-18-24-43-23-10-11-27-49(43)60)48-36-38-53-52-29-13-16-32-61(52)67(62(53)40-48)46-25-8-3-9-26-46/h1-42H. The van der Waals surface area contributed by atoms with Crippen molar-refractivity contribution in [2.75, 3.05) is 4.90 Å². The van der Waals surface area contributed by atoms with Gasteiger partial charge in [0.05, 0.1) is 22.1 Å². The van der Waals surface area contributed by atoms with Crippen LogP contribution in [0.3, 0.4) is 0 Å². The zero-order valence-corrected chi connectivity index (χ0v) is 37.1. The number of fused-ring (bicyclic) bond motifs is 13. The summed E-state index contributed by atoms with van der Waals surface area (Å²) >= 11 is 0. The largest absolute Gasteiger partial charge is 0.457 e. The summed E-state index contributed by atoms with van der Waals surface area (Å²) in [6.07, 6.45) is 0. The van der Waals surface area contributed by atoms with Crippen LogP contribution in [0.1, 0.15) is 22.3 Å². The molecule has 11 aromatic carbocycles. The summed E-state index contributed by atoms with van der Waals surface area (Å²) in [6.45, 7) is 0. The van der Waals surface area contributed by atoms with Crippen LogP contribution in [0.25, 0.3) is 71.6 Å². The van der Waals surface area contributed by atoms with Crippen LogP contribution in [0.15, 0.2) is 255 Å². The Labute approximate surface area is 395 Å². The van der Waals surface area contributed by atoms with Crippen molar-refractivity contribution in [1.29, 1.82) is 0 Å². The number of para-hydroxylation sites is 3. The van der Waals surface area contributed by atoms with Crippen LogP contribution in [0.4, 0.5) is 17.1 Å². The van der Waals surface area contributed by atoms with Crippen LogP contribution in [0.2, 0.25) is 0 Å². The normalized spacial score (nSPS) is 14.4. The van der Waals surface area contributed by atoms with E-state index in [0.717, 1.165) is 67.6 Å².